The number of hydrogen-bond acceptors (Lipinski definition) is 3. The van der Waals surface area contributed by atoms with Gasteiger partial charge in [0, 0.05) is 23.6 Å². The summed E-state index contributed by atoms with van der Waals surface area (Å²) in [6.07, 6.45) is 2.97. The molecule has 0 aliphatic carbocycles. The van der Waals surface area contributed by atoms with E-state index in [9.17, 15) is 4.79 Å². The number of amides is 1. The van der Waals surface area contributed by atoms with E-state index >= 15 is 0 Å². The van der Waals surface area contributed by atoms with Gasteiger partial charge in [0.1, 0.15) is 6.61 Å². The van der Waals surface area contributed by atoms with Crippen molar-refractivity contribution in [3.8, 4) is 0 Å². The maximum Gasteiger partial charge on any atom is 0.220 e. The Morgan fingerprint density at radius 1 is 1.53 bits per heavy atom. The summed E-state index contributed by atoms with van der Waals surface area (Å²) in [6, 6.07) is 5.97. The average Bonchev–Trinajstić information content (AvgIpc) is 2.35. The van der Waals surface area contributed by atoms with Gasteiger partial charge in [-0.25, -0.2) is 0 Å². The van der Waals surface area contributed by atoms with Crippen LogP contribution in [-0.4, -0.2) is 19.6 Å². The number of ether oxygens (including phenoxy) is 1. The van der Waals surface area contributed by atoms with Crippen molar-refractivity contribution >= 4 is 30.4 Å². The Labute approximate surface area is 106 Å². The van der Waals surface area contributed by atoms with Crippen molar-refractivity contribution in [1.82, 2.24) is 5.32 Å². The van der Waals surface area contributed by atoms with Crippen molar-refractivity contribution in [2.75, 3.05) is 13.7 Å². The van der Waals surface area contributed by atoms with E-state index < -0.39 is 0 Å². The Bertz CT molecular complexity index is 551. The predicted octanol–water partition coefficient (Wildman–Crippen LogP) is 0.420. The molecule has 0 fully saturated rings. The zero-order valence-electron chi connectivity index (χ0n) is 9.69. The second kappa shape index (κ2) is 5.27. The van der Waals surface area contributed by atoms with E-state index in [1.54, 1.807) is 13.3 Å². The molecule has 0 unspecified atom stereocenters. The summed E-state index contributed by atoms with van der Waals surface area (Å²) in [7, 11) is 1.65. The first-order valence-electron chi connectivity index (χ1n) is 5.54. The molecule has 1 aromatic carbocycles. The third-order valence-electron chi connectivity index (χ3n) is 2.82. The van der Waals surface area contributed by atoms with Crippen LogP contribution in [0, 0.1) is 0 Å². The average molecular weight is 249 g/mol. The summed E-state index contributed by atoms with van der Waals surface area (Å²) in [6.45, 7) is 0.565. The Morgan fingerprint density at radius 3 is 3.12 bits per heavy atom. The normalized spacial score (nSPS) is 13.4. The molecular formula is C13H15NO2S. The van der Waals surface area contributed by atoms with E-state index in [1.165, 1.54) is 5.57 Å². The highest BCUT2D eigenvalue weighted by molar-refractivity contribution is 7.80. The van der Waals surface area contributed by atoms with Gasteiger partial charge >= 0.3 is 0 Å². The zero-order chi connectivity index (χ0) is 12.3. The van der Waals surface area contributed by atoms with E-state index in [2.05, 4.69) is 17.9 Å². The molecule has 17 heavy (non-hydrogen) atoms. The summed E-state index contributed by atoms with van der Waals surface area (Å²) in [5.41, 5.74) is 1.17. The minimum absolute atomic E-state index is 0.0550. The molecule has 1 aromatic rings. The minimum atomic E-state index is 0.0550. The van der Waals surface area contributed by atoms with Crippen molar-refractivity contribution in [1.29, 1.82) is 0 Å². The van der Waals surface area contributed by atoms with Crippen LogP contribution in [0.15, 0.2) is 23.1 Å². The van der Waals surface area contributed by atoms with Gasteiger partial charge in [0.05, 0.1) is 6.26 Å². The lowest BCUT2D eigenvalue weighted by Crippen LogP contribution is -2.32. The highest BCUT2D eigenvalue weighted by Gasteiger charge is 2.07. The van der Waals surface area contributed by atoms with Crippen LogP contribution in [0.1, 0.15) is 12.8 Å². The van der Waals surface area contributed by atoms with Gasteiger partial charge in [0.15, 0.2) is 0 Å². The third-order valence-corrected chi connectivity index (χ3v) is 3.09. The quantitative estimate of drug-likeness (QED) is 0.762. The van der Waals surface area contributed by atoms with E-state index in [1.807, 2.05) is 18.2 Å². The summed E-state index contributed by atoms with van der Waals surface area (Å²) in [5.74, 6) is 0.0550. The molecule has 0 bridgehead atoms. The fourth-order valence-corrected chi connectivity index (χ4v) is 2.09. The van der Waals surface area contributed by atoms with Gasteiger partial charge in [0.2, 0.25) is 5.91 Å². The SMILES string of the molecule is CNC(=O)CCC1=c2ccc(S)cc2=COC1. The first-order chi connectivity index (χ1) is 8.20. The number of nitrogens with one attached hydrogen (secondary N) is 1. The largest absolute Gasteiger partial charge is 0.496 e. The lowest BCUT2D eigenvalue weighted by atomic mass is 10.0. The zero-order valence-corrected chi connectivity index (χ0v) is 10.6. The van der Waals surface area contributed by atoms with Crippen molar-refractivity contribution in [2.24, 2.45) is 0 Å². The van der Waals surface area contributed by atoms with Gasteiger partial charge in [-0.3, -0.25) is 4.79 Å². The Balaban J connectivity index is 2.32. The molecule has 1 heterocycles. The lowest BCUT2D eigenvalue weighted by molar-refractivity contribution is -0.120. The molecule has 1 N–H and O–H groups in total. The standard InChI is InChI=1S/C13H15NO2S/c1-14-13(15)5-2-9-7-16-8-10-6-11(17)3-4-12(9)10/h3-4,6,8,17H,2,5,7H2,1H3,(H,14,15). The van der Waals surface area contributed by atoms with Crippen LogP contribution in [0.25, 0.3) is 11.8 Å². The number of hydrogen-bond donors (Lipinski definition) is 2. The summed E-state index contributed by atoms with van der Waals surface area (Å²) < 4.78 is 5.40. The van der Waals surface area contributed by atoms with Gasteiger partial charge in [-0.05, 0) is 29.3 Å². The molecule has 3 nitrogen and oxygen atoms in total. The highest BCUT2D eigenvalue weighted by atomic mass is 32.1. The number of rotatable bonds is 3. The van der Waals surface area contributed by atoms with Crippen molar-refractivity contribution < 1.29 is 9.53 Å². The van der Waals surface area contributed by atoms with Gasteiger partial charge in [0.25, 0.3) is 0 Å². The molecule has 2 rings (SSSR count). The Kier molecular flexibility index (Phi) is 3.74. The van der Waals surface area contributed by atoms with Gasteiger partial charge in [-0.1, -0.05) is 6.07 Å². The minimum Gasteiger partial charge on any atom is -0.496 e. The smallest absolute Gasteiger partial charge is 0.220 e. The second-order valence-electron chi connectivity index (χ2n) is 3.98. The fourth-order valence-electron chi connectivity index (χ4n) is 1.88. The Hall–Kier alpha value is -1.42. The molecular weight excluding hydrogens is 234 g/mol. The number of benzene rings is 1. The molecule has 0 radical (unpaired) electrons. The lowest BCUT2D eigenvalue weighted by Gasteiger charge is -2.12. The van der Waals surface area contributed by atoms with Crippen molar-refractivity contribution in [3.05, 3.63) is 28.6 Å². The van der Waals surface area contributed by atoms with E-state index in [0.29, 0.717) is 13.0 Å². The molecule has 90 valence electrons. The molecule has 1 aliphatic heterocycles. The molecule has 0 saturated carbocycles. The van der Waals surface area contributed by atoms with Gasteiger partial charge < -0.3 is 10.1 Å². The van der Waals surface area contributed by atoms with E-state index in [-0.39, 0.29) is 5.91 Å². The molecule has 1 amide bonds. The van der Waals surface area contributed by atoms with E-state index in [0.717, 1.165) is 21.8 Å². The van der Waals surface area contributed by atoms with Crippen LogP contribution in [0.5, 0.6) is 0 Å². The first-order valence-corrected chi connectivity index (χ1v) is 5.99. The maximum absolute atomic E-state index is 11.2. The van der Waals surface area contributed by atoms with Crippen LogP contribution in [0.4, 0.5) is 0 Å². The fraction of sp³-hybridized carbons (Fsp3) is 0.308. The maximum atomic E-state index is 11.2. The van der Waals surface area contributed by atoms with Gasteiger partial charge in [-0.15, -0.1) is 12.6 Å². The summed E-state index contributed by atoms with van der Waals surface area (Å²) in [5, 5.41) is 4.83. The van der Waals surface area contributed by atoms with Crippen LogP contribution in [0.3, 0.4) is 0 Å². The number of thiol groups is 1. The Morgan fingerprint density at radius 2 is 2.35 bits per heavy atom. The predicted molar refractivity (Wildman–Crippen MR) is 70.1 cm³/mol. The number of fused-ring (bicyclic) bond motifs is 1. The van der Waals surface area contributed by atoms with Gasteiger partial charge in [-0.2, -0.15) is 0 Å². The molecule has 0 aromatic heterocycles. The summed E-state index contributed by atoms with van der Waals surface area (Å²) in [4.78, 5) is 12.1. The molecule has 0 spiro atoms. The number of carbonyl (C=O) groups is 1. The molecule has 4 heteroatoms. The summed E-state index contributed by atoms with van der Waals surface area (Å²) >= 11 is 4.30. The monoisotopic (exact) mass is 249 g/mol. The van der Waals surface area contributed by atoms with Crippen LogP contribution < -0.4 is 15.8 Å². The van der Waals surface area contributed by atoms with Crippen molar-refractivity contribution in [3.63, 3.8) is 0 Å². The topological polar surface area (TPSA) is 38.3 Å². The van der Waals surface area contributed by atoms with E-state index in [4.69, 9.17) is 4.74 Å². The molecule has 1 aliphatic rings. The second-order valence-corrected chi connectivity index (χ2v) is 4.49. The number of carbonyl (C=O) groups excluding carboxylic acids is 1. The molecule has 0 saturated heterocycles. The highest BCUT2D eigenvalue weighted by Crippen LogP contribution is 2.08. The first kappa shape index (κ1) is 12.0. The van der Waals surface area contributed by atoms with Crippen LogP contribution in [-0.2, 0) is 9.53 Å². The van der Waals surface area contributed by atoms with Crippen LogP contribution >= 0.6 is 12.6 Å². The third kappa shape index (κ3) is 2.82. The molecule has 0 atom stereocenters. The van der Waals surface area contributed by atoms with Crippen molar-refractivity contribution in [2.45, 2.75) is 17.7 Å². The van der Waals surface area contributed by atoms with Crippen LogP contribution in [0.2, 0.25) is 0 Å².